The van der Waals surface area contributed by atoms with Crippen molar-refractivity contribution in [2.24, 2.45) is 17.6 Å². The van der Waals surface area contributed by atoms with Gasteiger partial charge in [-0.15, -0.1) is 0 Å². The molecule has 0 bridgehead atoms. The van der Waals surface area contributed by atoms with E-state index in [9.17, 15) is 9.90 Å². The predicted octanol–water partition coefficient (Wildman–Crippen LogP) is 0.667. The minimum Gasteiger partial charge on any atom is -0.389 e. The van der Waals surface area contributed by atoms with Crippen LogP contribution in [0.4, 0.5) is 0 Å². The molecule has 2 rings (SSSR count). The Labute approximate surface area is 128 Å². The second kappa shape index (κ2) is 7.07. The first-order valence-electron chi connectivity index (χ1n) is 8.32. The zero-order valence-corrected chi connectivity index (χ0v) is 13.6. The summed E-state index contributed by atoms with van der Waals surface area (Å²) in [5, 5.41) is 9.87. The predicted molar refractivity (Wildman–Crippen MR) is 83.8 cm³/mol. The first-order valence-corrected chi connectivity index (χ1v) is 8.32. The molecule has 2 aliphatic rings. The fourth-order valence-corrected chi connectivity index (χ4v) is 3.66. The lowest BCUT2D eigenvalue weighted by atomic mass is 9.80. The summed E-state index contributed by atoms with van der Waals surface area (Å²) in [6.45, 7) is 8.36. The van der Waals surface area contributed by atoms with Crippen molar-refractivity contribution in [2.75, 3.05) is 39.3 Å². The summed E-state index contributed by atoms with van der Waals surface area (Å²) in [7, 11) is 0. The van der Waals surface area contributed by atoms with Gasteiger partial charge in [0.2, 0.25) is 5.91 Å². The van der Waals surface area contributed by atoms with Gasteiger partial charge < -0.3 is 15.7 Å². The summed E-state index contributed by atoms with van der Waals surface area (Å²) in [6, 6.07) is 0. The van der Waals surface area contributed by atoms with Crippen LogP contribution in [0.25, 0.3) is 0 Å². The van der Waals surface area contributed by atoms with Crippen LogP contribution in [0, 0.1) is 11.8 Å². The first-order chi connectivity index (χ1) is 9.89. The van der Waals surface area contributed by atoms with Gasteiger partial charge in [0.25, 0.3) is 0 Å². The SMILES string of the molecule is CC(C)(O)CN1CCN(C(=O)C2CCCC(CN)C2)CC1. The minimum atomic E-state index is -0.663. The van der Waals surface area contributed by atoms with Crippen molar-refractivity contribution in [2.45, 2.75) is 45.1 Å². The van der Waals surface area contributed by atoms with Crippen molar-refractivity contribution >= 4 is 5.91 Å². The molecule has 0 aromatic carbocycles. The molecule has 3 N–H and O–H groups in total. The van der Waals surface area contributed by atoms with Gasteiger partial charge in [-0.2, -0.15) is 0 Å². The zero-order valence-electron chi connectivity index (χ0n) is 13.6. The number of nitrogens with zero attached hydrogens (tertiary/aromatic N) is 2. The van der Waals surface area contributed by atoms with E-state index in [4.69, 9.17) is 5.73 Å². The third-order valence-electron chi connectivity index (χ3n) is 4.76. The van der Waals surface area contributed by atoms with E-state index in [-0.39, 0.29) is 5.92 Å². The van der Waals surface area contributed by atoms with Gasteiger partial charge in [-0.05, 0) is 45.6 Å². The van der Waals surface area contributed by atoms with E-state index in [0.29, 0.717) is 24.9 Å². The molecule has 0 aromatic heterocycles. The van der Waals surface area contributed by atoms with Crippen LogP contribution in [-0.2, 0) is 4.79 Å². The maximum Gasteiger partial charge on any atom is 0.225 e. The second-order valence-electron chi connectivity index (χ2n) is 7.38. The van der Waals surface area contributed by atoms with Gasteiger partial charge >= 0.3 is 0 Å². The van der Waals surface area contributed by atoms with E-state index in [1.54, 1.807) is 0 Å². The van der Waals surface area contributed by atoms with Gasteiger partial charge in [0.05, 0.1) is 5.60 Å². The molecule has 0 aromatic rings. The Kier molecular flexibility index (Phi) is 5.63. The summed E-state index contributed by atoms with van der Waals surface area (Å²) in [5.74, 6) is 1.05. The molecule has 5 nitrogen and oxygen atoms in total. The highest BCUT2D eigenvalue weighted by atomic mass is 16.3. The Morgan fingerprint density at radius 2 is 1.90 bits per heavy atom. The minimum absolute atomic E-state index is 0.188. The molecule has 0 spiro atoms. The maximum absolute atomic E-state index is 12.6. The average Bonchev–Trinajstić information content (AvgIpc) is 2.46. The van der Waals surface area contributed by atoms with Crippen LogP contribution in [0.5, 0.6) is 0 Å². The number of rotatable bonds is 4. The Balaban J connectivity index is 1.80. The van der Waals surface area contributed by atoms with E-state index in [1.807, 2.05) is 18.7 Å². The Bertz CT molecular complexity index is 346. The molecule has 1 saturated carbocycles. The van der Waals surface area contributed by atoms with Crippen molar-refractivity contribution in [3.63, 3.8) is 0 Å². The largest absolute Gasteiger partial charge is 0.389 e. The number of nitrogens with two attached hydrogens (primary N) is 1. The number of carbonyl (C=O) groups excluding carboxylic acids is 1. The summed E-state index contributed by atoms with van der Waals surface area (Å²) in [5.41, 5.74) is 5.10. The van der Waals surface area contributed by atoms with Crippen molar-refractivity contribution in [1.82, 2.24) is 9.80 Å². The van der Waals surface area contributed by atoms with E-state index in [0.717, 1.165) is 45.4 Å². The van der Waals surface area contributed by atoms with Crippen LogP contribution < -0.4 is 5.73 Å². The van der Waals surface area contributed by atoms with Gasteiger partial charge in [0.15, 0.2) is 0 Å². The van der Waals surface area contributed by atoms with Crippen LogP contribution in [0.3, 0.4) is 0 Å². The molecule has 122 valence electrons. The van der Waals surface area contributed by atoms with Crippen molar-refractivity contribution < 1.29 is 9.90 Å². The monoisotopic (exact) mass is 297 g/mol. The van der Waals surface area contributed by atoms with Crippen LogP contribution in [0.15, 0.2) is 0 Å². The van der Waals surface area contributed by atoms with Gasteiger partial charge in [-0.3, -0.25) is 9.69 Å². The summed E-state index contributed by atoms with van der Waals surface area (Å²) < 4.78 is 0. The molecule has 21 heavy (non-hydrogen) atoms. The van der Waals surface area contributed by atoms with Gasteiger partial charge in [-0.25, -0.2) is 0 Å². The van der Waals surface area contributed by atoms with E-state index < -0.39 is 5.60 Å². The van der Waals surface area contributed by atoms with Crippen LogP contribution in [-0.4, -0.2) is 65.7 Å². The molecule has 1 aliphatic carbocycles. The van der Waals surface area contributed by atoms with Crippen LogP contribution in [0.2, 0.25) is 0 Å². The topological polar surface area (TPSA) is 69.8 Å². The second-order valence-corrected chi connectivity index (χ2v) is 7.38. The normalized spacial score (nSPS) is 28.7. The molecule has 1 saturated heterocycles. The molecule has 0 radical (unpaired) electrons. The molecule has 1 amide bonds. The molecule has 1 aliphatic heterocycles. The van der Waals surface area contributed by atoms with Crippen molar-refractivity contribution in [3.05, 3.63) is 0 Å². The van der Waals surface area contributed by atoms with Crippen LogP contribution >= 0.6 is 0 Å². The van der Waals surface area contributed by atoms with Crippen molar-refractivity contribution in [1.29, 1.82) is 0 Å². The number of amides is 1. The molecular formula is C16H31N3O2. The lowest BCUT2D eigenvalue weighted by molar-refractivity contribution is -0.139. The maximum atomic E-state index is 12.6. The molecule has 2 atom stereocenters. The third-order valence-corrected chi connectivity index (χ3v) is 4.76. The van der Waals surface area contributed by atoms with Gasteiger partial charge in [0.1, 0.15) is 0 Å². The lowest BCUT2D eigenvalue weighted by Gasteiger charge is -2.39. The molecular weight excluding hydrogens is 266 g/mol. The molecule has 2 fully saturated rings. The molecule has 1 heterocycles. The number of piperazine rings is 1. The Hall–Kier alpha value is -0.650. The molecule has 5 heteroatoms. The average molecular weight is 297 g/mol. The highest BCUT2D eigenvalue weighted by Gasteiger charge is 2.32. The summed E-state index contributed by atoms with van der Waals surface area (Å²) in [6.07, 6.45) is 4.31. The van der Waals surface area contributed by atoms with Gasteiger partial charge in [0, 0.05) is 38.6 Å². The molecule has 2 unspecified atom stereocenters. The first kappa shape index (κ1) is 16.7. The number of hydrogen-bond acceptors (Lipinski definition) is 4. The van der Waals surface area contributed by atoms with Crippen LogP contribution in [0.1, 0.15) is 39.5 Å². The highest BCUT2D eigenvalue weighted by molar-refractivity contribution is 5.79. The van der Waals surface area contributed by atoms with E-state index in [2.05, 4.69) is 4.90 Å². The summed E-state index contributed by atoms with van der Waals surface area (Å²) in [4.78, 5) is 16.9. The van der Waals surface area contributed by atoms with E-state index >= 15 is 0 Å². The number of hydrogen-bond donors (Lipinski definition) is 2. The van der Waals surface area contributed by atoms with Crippen molar-refractivity contribution in [3.8, 4) is 0 Å². The number of carbonyl (C=O) groups is 1. The Morgan fingerprint density at radius 3 is 2.48 bits per heavy atom. The fraction of sp³-hybridized carbons (Fsp3) is 0.938. The van der Waals surface area contributed by atoms with E-state index in [1.165, 1.54) is 6.42 Å². The van der Waals surface area contributed by atoms with Gasteiger partial charge in [-0.1, -0.05) is 6.42 Å². The fourth-order valence-electron chi connectivity index (χ4n) is 3.66. The quantitative estimate of drug-likeness (QED) is 0.800. The Morgan fingerprint density at radius 1 is 1.24 bits per heavy atom. The number of aliphatic hydroxyl groups is 1. The highest BCUT2D eigenvalue weighted by Crippen LogP contribution is 2.30. The lowest BCUT2D eigenvalue weighted by Crippen LogP contribution is -2.53. The smallest absolute Gasteiger partial charge is 0.225 e. The third kappa shape index (κ3) is 4.94. The zero-order chi connectivity index (χ0) is 15.5. The number of β-amino-alcohol motifs (C(OH)–C–C–N with tert-alkyl or cyclic N) is 1. The summed E-state index contributed by atoms with van der Waals surface area (Å²) >= 11 is 0. The standard InChI is InChI=1S/C16H31N3O2/c1-16(2,21)12-18-6-8-19(9-7-18)15(20)14-5-3-4-13(10-14)11-17/h13-14,21H,3-12,17H2,1-2H3.